The fraction of sp³-hybridized carbons (Fsp3) is 0.429. The molecule has 2 aromatic rings. The summed E-state index contributed by atoms with van der Waals surface area (Å²) in [6, 6.07) is 5.66. The minimum Gasteiger partial charge on any atom is -0.271 e. The van der Waals surface area contributed by atoms with Crippen molar-refractivity contribution in [1.29, 1.82) is 0 Å². The Labute approximate surface area is 138 Å². The van der Waals surface area contributed by atoms with Crippen LogP contribution in [0.15, 0.2) is 29.0 Å². The molecule has 1 unspecified atom stereocenters. The zero-order valence-corrected chi connectivity index (χ0v) is 14.4. The van der Waals surface area contributed by atoms with Crippen LogP contribution in [0.4, 0.5) is 0 Å². The minimum absolute atomic E-state index is 0.110. The Kier molecular flexibility index (Phi) is 5.75. The summed E-state index contributed by atoms with van der Waals surface area (Å²) < 4.78 is 2.86. The highest BCUT2D eigenvalue weighted by Gasteiger charge is 2.17. The number of hydrogen-bond donors (Lipinski definition) is 2. The van der Waals surface area contributed by atoms with Crippen molar-refractivity contribution in [3.05, 3.63) is 45.4 Å². The summed E-state index contributed by atoms with van der Waals surface area (Å²) in [5.74, 6) is 7.10. The molecule has 0 spiro atoms. The van der Waals surface area contributed by atoms with E-state index in [9.17, 15) is 0 Å². The monoisotopic (exact) mass is 371 g/mol. The van der Waals surface area contributed by atoms with Gasteiger partial charge in [-0.25, -0.2) is 9.67 Å². The summed E-state index contributed by atoms with van der Waals surface area (Å²) in [5.41, 5.74) is 3.76. The van der Waals surface area contributed by atoms with E-state index in [0.29, 0.717) is 17.4 Å². The molecule has 0 aliphatic heterocycles. The molecule has 1 aromatic carbocycles. The molecule has 2 rings (SSSR count). The van der Waals surface area contributed by atoms with Gasteiger partial charge in [-0.1, -0.05) is 47.4 Å². The van der Waals surface area contributed by atoms with Gasteiger partial charge in [-0.3, -0.25) is 11.3 Å². The van der Waals surface area contributed by atoms with Gasteiger partial charge < -0.3 is 0 Å². The maximum atomic E-state index is 6.30. The molecule has 1 heterocycles. The van der Waals surface area contributed by atoms with E-state index in [4.69, 9.17) is 17.4 Å². The van der Waals surface area contributed by atoms with Gasteiger partial charge >= 0.3 is 0 Å². The predicted molar refractivity (Wildman–Crippen MR) is 87.8 cm³/mol. The molecule has 0 fully saturated rings. The number of benzene rings is 1. The van der Waals surface area contributed by atoms with Crippen molar-refractivity contribution in [2.75, 3.05) is 0 Å². The minimum atomic E-state index is -0.110. The predicted octanol–water partition coefficient (Wildman–Crippen LogP) is 3.10. The second-order valence-electron chi connectivity index (χ2n) is 5.34. The van der Waals surface area contributed by atoms with Crippen LogP contribution in [0.2, 0.25) is 5.02 Å². The first kappa shape index (κ1) is 16.4. The van der Waals surface area contributed by atoms with Gasteiger partial charge in [-0.15, -0.1) is 0 Å². The third-order valence-electron chi connectivity index (χ3n) is 3.16. The molecule has 0 saturated heterocycles. The van der Waals surface area contributed by atoms with Gasteiger partial charge in [0.2, 0.25) is 0 Å². The molecule has 0 bridgehead atoms. The maximum Gasteiger partial charge on any atom is 0.138 e. The first-order valence-corrected chi connectivity index (χ1v) is 7.96. The van der Waals surface area contributed by atoms with E-state index in [1.165, 1.54) is 0 Å². The molecular formula is C14H19BrClN5. The van der Waals surface area contributed by atoms with Crippen LogP contribution in [0, 0.1) is 5.92 Å². The number of nitrogens with two attached hydrogens (primary N) is 1. The summed E-state index contributed by atoms with van der Waals surface area (Å²) >= 11 is 9.70. The molecule has 1 aromatic heterocycles. The van der Waals surface area contributed by atoms with Crippen LogP contribution >= 0.6 is 27.5 Å². The number of hydrazine groups is 1. The van der Waals surface area contributed by atoms with E-state index in [1.54, 1.807) is 6.33 Å². The van der Waals surface area contributed by atoms with E-state index in [-0.39, 0.29) is 6.04 Å². The average molecular weight is 373 g/mol. The molecular weight excluding hydrogens is 354 g/mol. The second-order valence-corrected chi connectivity index (χ2v) is 6.66. The summed E-state index contributed by atoms with van der Waals surface area (Å²) in [4.78, 5) is 4.33. The second kappa shape index (κ2) is 7.35. The topological polar surface area (TPSA) is 68.8 Å². The summed E-state index contributed by atoms with van der Waals surface area (Å²) in [7, 11) is 0. The number of hydrogen-bond acceptors (Lipinski definition) is 4. The van der Waals surface area contributed by atoms with Gasteiger partial charge in [0.05, 0.1) is 6.04 Å². The smallest absolute Gasteiger partial charge is 0.138 e. The molecule has 21 heavy (non-hydrogen) atoms. The van der Waals surface area contributed by atoms with Crippen molar-refractivity contribution in [3.63, 3.8) is 0 Å². The molecule has 5 nitrogen and oxygen atoms in total. The molecule has 0 aliphatic rings. The van der Waals surface area contributed by atoms with Crippen LogP contribution in [0.25, 0.3) is 0 Å². The standard InChI is InChI=1S/C14H19BrClN5/c1-9(2)7-21-14(18-8-19-21)6-13(20-17)11-4-3-10(15)5-12(11)16/h3-5,8-9,13,20H,6-7,17H2,1-2H3. The van der Waals surface area contributed by atoms with Crippen molar-refractivity contribution >= 4 is 27.5 Å². The zero-order chi connectivity index (χ0) is 15.4. The number of rotatable bonds is 6. The van der Waals surface area contributed by atoms with E-state index in [2.05, 4.69) is 45.3 Å². The Morgan fingerprint density at radius 1 is 1.43 bits per heavy atom. The molecule has 114 valence electrons. The highest BCUT2D eigenvalue weighted by molar-refractivity contribution is 9.10. The lowest BCUT2D eigenvalue weighted by Crippen LogP contribution is -2.31. The van der Waals surface area contributed by atoms with Crippen LogP contribution in [0.3, 0.4) is 0 Å². The number of nitrogens with one attached hydrogen (secondary N) is 1. The highest BCUT2D eigenvalue weighted by atomic mass is 79.9. The van der Waals surface area contributed by atoms with Gasteiger partial charge in [0, 0.05) is 22.5 Å². The molecule has 0 saturated carbocycles. The van der Waals surface area contributed by atoms with E-state index < -0.39 is 0 Å². The Hall–Kier alpha value is -0.950. The zero-order valence-electron chi connectivity index (χ0n) is 12.1. The van der Waals surface area contributed by atoms with Gasteiger partial charge in [0.1, 0.15) is 12.2 Å². The summed E-state index contributed by atoms with van der Waals surface area (Å²) in [6.45, 7) is 5.13. The molecule has 0 aliphatic carbocycles. The Morgan fingerprint density at radius 2 is 2.19 bits per heavy atom. The SMILES string of the molecule is CC(C)Cn1ncnc1CC(NN)c1ccc(Br)cc1Cl. The molecule has 1 atom stereocenters. The lowest BCUT2D eigenvalue weighted by atomic mass is 10.0. The van der Waals surface area contributed by atoms with Crippen LogP contribution < -0.4 is 11.3 Å². The van der Waals surface area contributed by atoms with E-state index in [0.717, 1.165) is 22.4 Å². The first-order valence-electron chi connectivity index (χ1n) is 6.79. The fourth-order valence-corrected chi connectivity index (χ4v) is 2.98. The van der Waals surface area contributed by atoms with Gasteiger partial charge in [0.25, 0.3) is 0 Å². The Bertz CT molecular complexity index is 599. The molecule has 0 radical (unpaired) electrons. The van der Waals surface area contributed by atoms with Crippen LogP contribution in [0.1, 0.15) is 31.3 Å². The lowest BCUT2D eigenvalue weighted by molar-refractivity contribution is 0.446. The number of halogens is 2. The van der Waals surface area contributed by atoms with Crippen LogP contribution in [0.5, 0.6) is 0 Å². The normalized spacial score (nSPS) is 12.9. The van der Waals surface area contributed by atoms with Crippen molar-refractivity contribution in [2.45, 2.75) is 32.9 Å². The van der Waals surface area contributed by atoms with Crippen molar-refractivity contribution in [1.82, 2.24) is 20.2 Å². The lowest BCUT2D eigenvalue weighted by Gasteiger charge is -2.18. The summed E-state index contributed by atoms with van der Waals surface area (Å²) in [5, 5.41) is 4.94. The Morgan fingerprint density at radius 3 is 2.81 bits per heavy atom. The van der Waals surface area contributed by atoms with Gasteiger partial charge in [-0.2, -0.15) is 5.10 Å². The number of nitrogens with zero attached hydrogens (tertiary/aromatic N) is 3. The molecule has 3 N–H and O–H groups in total. The Balaban J connectivity index is 2.21. The fourth-order valence-electron chi connectivity index (χ4n) is 2.17. The molecule has 0 amide bonds. The van der Waals surface area contributed by atoms with Crippen LogP contribution in [-0.4, -0.2) is 14.8 Å². The van der Waals surface area contributed by atoms with Crippen molar-refractivity contribution in [3.8, 4) is 0 Å². The van der Waals surface area contributed by atoms with Crippen LogP contribution in [-0.2, 0) is 13.0 Å². The molecule has 7 heteroatoms. The quantitative estimate of drug-likeness (QED) is 0.604. The van der Waals surface area contributed by atoms with Crippen molar-refractivity contribution < 1.29 is 0 Å². The van der Waals surface area contributed by atoms with Gasteiger partial charge in [0.15, 0.2) is 0 Å². The summed E-state index contributed by atoms with van der Waals surface area (Å²) in [6.07, 6.45) is 2.21. The highest BCUT2D eigenvalue weighted by Crippen LogP contribution is 2.28. The third-order valence-corrected chi connectivity index (χ3v) is 3.98. The van der Waals surface area contributed by atoms with Gasteiger partial charge in [-0.05, 0) is 23.6 Å². The maximum absolute atomic E-state index is 6.30. The first-order chi connectivity index (χ1) is 10.0. The average Bonchev–Trinajstić information content (AvgIpc) is 2.83. The van der Waals surface area contributed by atoms with E-state index >= 15 is 0 Å². The number of aromatic nitrogens is 3. The third kappa shape index (κ3) is 4.26. The largest absolute Gasteiger partial charge is 0.271 e. The van der Waals surface area contributed by atoms with Crippen molar-refractivity contribution in [2.24, 2.45) is 11.8 Å². The van der Waals surface area contributed by atoms with E-state index in [1.807, 2.05) is 22.9 Å².